The first-order chi connectivity index (χ1) is 8.65. The van der Waals surface area contributed by atoms with Crippen molar-refractivity contribution in [3.63, 3.8) is 0 Å². The largest absolute Gasteiger partial charge is 0.506 e. The molecule has 0 aliphatic heterocycles. The fourth-order valence-electron chi connectivity index (χ4n) is 1.65. The van der Waals surface area contributed by atoms with E-state index in [1.54, 1.807) is 24.3 Å². The van der Waals surface area contributed by atoms with Crippen LogP contribution in [0.1, 0.15) is 24.2 Å². The quantitative estimate of drug-likeness (QED) is 0.872. The zero-order chi connectivity index (χ0) is 13.0. The van der Waals surface area contributed by atoms with E-state index in [2.05, 4.69) is 10.3 Å². The molecule has 2 rings (SSSR count). The topological polar surface area (TPSA) is 45.1 Å². The zero-order valence-corrected chi connectivity index (χ0v) is 10.1. The highest BCUT2D eigenvalue weighted by Gasteiger charge is 2.05. The molecular formula is C14H15FN2O. The molecule has 94 valence electrons. The van der Waals surface area contributed by atoms with E-state index in [9.17, 15) is 4.39 Å². The number of hydrogen-bond acceptors (Lipinski definition) is 3. The molecule has 0 unspecified atom stereocenters. The highest BCUT2D eigenvalue weighted by molar-refractivity contribution is 5.20. The van der Waals surface area contributed by atoms with Crippen LogP contribution in [0.5, 0.6) is 5.75 Å². The number of hydrogen-bond donors (Lipinski definition) is 2. The van der Waals surface area contributed by atoms with Crippen LogP contribution in [0, 0.1) is 5.82 Å². The summed E-state index contributed by atoms with van der Waals surface area (Å²) in [5, 5.41) is 12.4. The van der Waals surface area contributed by atoms with Gasteiger partial charge in [-0.1, -0.05) is 12.1 Å². The van der Waals surface area contributed by atoms with Crippen molar-refractivity contribution in [2.45, 2.75) is 19.5 Å². The molecule has 0 aliphatic carbocycles. The van der Waals surface area contributed by atoms with Crippen molar-refractivity contribution in [2.75, 3.05) is 0 Å². The average molecular weight is 246 g/mol. The maximum Gasteiger partial charge on any atom is 0.133 e. The standard InChI is InChI=1S/C14H15FN2O/c1-10(11-2-4-12(15)5-3-11)16-8-13-6-7-14(18)9-17-13/h2-7,9-10,16,18H,8H2,1H3/t10-/m0/s1. The number of aromatic nitrogens is 1. The van der Waals surface area contributed by atoms with Crippen LogP contribution in [-0.4, -0.2) is 10.1 Å². The molecule has 4 heteroatoms. The van der Waals surface area contributed by atoms with E-state index >= 15 is 0 Å². The van der Waals surface area contributed by atoms with Crippen LogP contribution < -0.4 is 5.32 Å². The van der Waals surface area contributed by atoms with Gasteiger partial charge in [0.05, 0.1) is 11.9 Å². The molecule has 1 aromatic carbocycles. The van der Waals surface area contributed by atoms with Crippen molar-refractivity contribution in [1.29, 1.82) is 0 Å². The molecule has 2 aromatic rings. The van der Waals surface area contributed by atoms with Crippen molar-refractivity contribution in [1.82, 2.24) is 10.3 Å². The van der Waals surface area contributed by atoms with Gasteiger partial charge in [-0.15, -0.1) is 0 Å². The highest BCUT2D eigenvalue weighted by atomic mass is 19.1. The summed E-state index contributed by atoms with van der Waals surface area (Å²) in [4.78, 5) is 4.09. The lowest BCUT2D eigenvalue weighted by Gasteiger charge is -2.13. The number of halogens is 1. The molecule has 0 saturated heterocycles. The SMILES string of the molecule is C[C@H](NCc1ccc(O)cn1)c1ccc(F)cc1. The molecule has 0 bridgehead atoms. The second kappa shape index (κ2) is 5.60. The first kappa shape index (κ1) is 12.5. The molecule has 1 atom stereocenters. The summed E-state index contributed by atoms with van der Waals surface area (Å²) in [6.07, 6.45) is 1.42. The number of benzene rings is 1. The van der Waals surface area contributed by atoms with Gasteiger partial charge in [-0.25, -0.2) is 4.39 Å². The van der Waals surface area contributed by atoms with Crippen LogP contribution in [0.15, 0.2) is 42.6 Å². The Morgan fingerprint density at radius 1 is 1.22 bits per heavy atom. The van der Waals surface area contributed by atoms with Gasteiger partial charge in [0.25, 0.3) is 0 Å². The second-order valence-electron chi connectivity index (χ2n) is 4.16. The van der Waals surface area contributed by atoms with Crippen molar-refractivity contribution < 1.29 is 9.50 Å². The van der Waals surface area contributed by atoms with Gasteiger partial charge in [0.1, 0.15) is 11.6 Å². The van der Waals surface area contributed by atoms with Crippen LogP contribution >= 0.6 is 0 Å². The molecule has 0 saturated carbocycles. The van der Waals surface area contributed by atoms with Gasteiger partial charge in [-0.05, 0) is 36.8 Å². The van der Waals surface area contributed by atoms with Gasteiger partial charge in [0, 0.05) is 12.6 Å². The first-order valence-electron chi connectivity index (χ1n) is 5.78. The van der Waals surface area contributed by atoms with Crippen LogP contribution in [0.25, 0.3) is 0 Å². The monoisotopic (exact) mass is 246 g/mol. The van der Waals surface area contributed by atoms with Gasteiger partial charge in [-0.3, -0.25) is 4.98 Å². The Labute approximate surface area is 105 Å². The van der Waals surface area contributed by atoms with E-state index in [1.165, 1.54) is 18.3 Å². The molecule has 0 fully saturated rings. The average Bonchev–Trinajstić information content (AvgIpc) is 2.38. The third-order valence-corrected chi connectivity index (χ3v) is 2.77. The number of nitrogens with one attached hydrogen (secondary N) is 1. The van der Waals surface area contributed by atoms with Crippen molar-refractivity contribution in [3.05, 3.63) is 59.7 Å². The minimum atomic E-state index is -0.230. The minimum Gasteiger partial charge on any atom is -0.506 e. The maximum absolute atomic E-state index is 12.8. The minimum absolute atomic E-state index is 0.112. The molecule has 0 radical (unpaired) electrons. The Balaban J connectivity index is 1.93. The molecule has 18 heavy (non-hydrogen) atoms. The lowest BCUT2D eigenvalue weighted by Crippen LogP contribution is -2.18. The van der Waals surface area contributed by atoms with Crippen molar-refractivity contribution in [2.24, 2.45) is 0 Å². The highest BCUT2D eigenvalue weighted by Crippen LogP contribution is 2.13. The molecule has 2 N–H and O–H groups in total. The van der Waals surface area contributed by atoms with Crippen molar-refractivity contribution in [3.8, 4) is 5.75 Å². The van der Waals surface area contributed by atoms with Gasteiger partial charge in [-0.2, -0.15) is 0 Å². The summed E-state index contributed by atoms with van der Waals surface area (Å²) in [6.45, 7) is 2.60. The third-order valence-electron chi connectivity index (χ3n) is 2.77. The summed E-state index contributed by atoms with van der Waals surface area (Å²) >= 11 is 0. The number of nitrogens with zero attached hydrogens (tertiary/aromatic N) is 1. The van der Waals surface area contributed by atoms with Crippen LogP contribution in [0.2, 0.25) is 0 Å². The maximum atomic E-state index is 12.8. The first-order valence-corrected chi connectivity index (χ1v) is 5.78. The van der Waals surface area contributed by atoms with Crippen molar-refractivity contribution >= 4 is 0 Å². The molecule has 1 aromatic heterocycles. The van der Waals surface area contributed by atoms with E-state index in [-0.39, 0.29) is 17.6 Å². The smallest absolute Gasteiger partial charge is 0.133 e. The predicted molar refractivity (Wildman–Crippen MR) is 67.6 cm³/mol. The van der Waals surface area contributed by atoms with Gasteiger partial charge in [0.15, 0.2) is 0 Å². The predicted octanol–water partition coefficient (Wildman–Crippen LogP) is 2.78. The van der Waals surface area contributed by atoms with E-state index in [4.69, 9.17) is 5.11 Å². The number of rotatable bonds is 4. The fourth-order valence-corrected chi connectivity index (χ4v) is 1.65. The number of pyridine rings is 1. The van der Waals surface area contributed by atoms with E-state index in [0.29, 0.717) is 6.54 Å². The summed E-state index contributed by atoms with van der Waals surface area (Å²) in [6, 6.07) is 9.90. The van der Waals surface area contributed by atoms with E-state index < -0.39 is 0 Å². The second-order valence-corrected chi connectivity index (χ2v) is 4.16. The third kappa shape index (κ3) is 3.28. The zero-order valence-electron chi connectivity index (χ0n) is 10.1. The summed E-state index contributed by atoms with van der Waals surface area (Å²) in [5.74, 6) is -0.0727. The van der Waals surface area contributed by atoms with Gasteiger partial charge < -0.3 is 10.4 Å². The summed E-state index contributed by atoms with van der Waals surface area (Å²) in [7, 11) is 0. The molecule has 0 spiro atoms. The van der Waals surface area contributed by atoms with E-state index in [0.717, 1.165) is 11.3 Å². The van der Waals surface area contributed by atoms with Gasteiger partial charge in [0.2, 0.25) is 0 Å². The molecule has 0 aliphatic rings. The summed E-state index contributed by atoms with van der Waals surface area (Å²) in [5.41, 5.74) is 1.87. The Bertz CT molecular complexity index is 496. The molecule has 1 heterocycles. The lowest BCUT2D eigenvalue weighted by molar-refractivity contribution is 0.471. The Morgan fingerprint density at radius 2 is 1.94 bits per heavy atom. The molecular weight excluding hydrogens is 231 g/mol. The van der Waals surface area contributed by atoms with Crippen LogP contribution in [0.3, 0.4) is 0 Å². The number of aromatic hydroxyl groups is 1. The Kier molecular flexibility index (Phi) is 3.89. The van der Waals surface area contributed by atoms with E-state index in [1.807, 2.05) is 6.92 Å². The van der Waals surface area contributed by atoms with Crippen LogP contribution in [-0.2, 0) is 6.54 Å². The normalized spacial score (nSPS) is 12.3. The van der Waals surface area contributed by atoms with Crippen LogP contribution in [0.4, 0.5) is 4.39 Å². The summed E-state index contributed by atoms with van der Waals surface area (Å²) < 4.78 is 12.8. The van der Waals surface area contributed by atoms with Gasteiger partial charge >= 0.3 is 0 Å². The Hall–Kier alpha value is -1.94. The Morgan fingerprint density at radius 3 is 2.56 bits per heavy atom. The fraction of sp³-hybridized carbons (Fsp3) is 0.214. The molecule has 3 nitrogen and oxygen atoms in total. The molecule has 0 amide bonds. The lowest BCUT2D eigenvalue weighted by atomic mass is 10.1.